The number of nitrogens with one attached hydrogen (secondary N) is 2. The summed E-state index contributed by atoms with van der Waals surface area (Å²) in [5.41, 5.74) is 0. The third-order valence-corrected chi connectivity index (χ3v) is 4.75. The van der Waals surface area contributed by atoms with Crippen molar-refractivity contribution in [3.8, 4) is 0 Å². The van der Waals surface area contributed by atoms with Crippen molar-refractivity contribution in [1.82, 2.24) is 15.5 Å². The first kappa shape index (κ1) is 11.3. The molecule has 0 spiro atoms. The van der Waals surface area contributed by atoms with Gasteiger partial charge in [-0.15, -0.1) is 0 Å². The van der Waals surface area contributed by atoms with Crippen molar-refractivity contribution in [3.05, 3.63) is 0 Å². The average Bonchev–Trinajstić information content (AvgIpc) is 2.61. The van der Waals surface area contributed by atoms with E-state index >= 15 is 0 Å². The van der Waals surface area contributed by atoms with Crippen LogP contribution >= 0.6 is 0 Å². The highest BCUT2D eigenvalue weighted by atomic mass is 16.2. The zero-order valence-electron chi connectivity index (χ0n) is 10.6. The van der Waals surface area contributed by atoms with Gasteiger partial charge in [-0.1, -0.05) is 0 Å². The minimum Gasteiger partial charge on any atom is -0.335 e. The van der Waals surface area contributed by atoms with Gasteiger partial charge in [0.05, 0.1) is 0 Å². The Labute approximate surface area is 103 Å². The molecule has 0 aromatic carbocycles. The monoisotopic (exact) mass is 237 g/mol. The van der Waals surface area contributed by atoms with Gasteiger partial charge >= 0.3 is 6.03 Å². The third kappa shape index (κ3) is 2.28. The summed E-state index contributed by atoms with van der Waals surface area (Å²) < 4.78 is 0. The van der Waals surface area contributed by atoms with Crippen LogP contribution < -0.4 is 10.6 Å². The molecule has 2 unspecified atom stereocenters. The predicted octanol–water partition coefficient (Wildman–Crippen LogP) is 1.46. The molecule has 2 N–H and O–H groups in total. The van der Waals surface area contributed by atoms with Crippen LogP contribution in [0.3, 0.4) is 0 Å². The van der Waals surface area contributed by atoms with Gasteiger partial charge < -0.3 is 15.5 Å². The van der Waals surface area contributed by atoms with E-state index in [1.807, 2.05) is 11.9 Å². The molecule has 1 saturated carbocycles. The van der Waals surface area contributed by atoms with Gasteiger partial charge in [0.25, 0.3) is 0 Å². The zero-order valence-corrected chi connectivity index (χ0v) is 10.6. The number of urea groups is 1. The maximum absolute atomic E-state index is 12.1. The maximum Gasteiger partial charge on any atom is 0.317 e. The second-order valence-electron chi connectivity index (χ2n) is 5.95. The van der Waals surface area contributed by atoms with E-state index in [2.05, 4.69) is 10.6 Å². The fourth-order valence-electron chi connectivity index (χ4n) is 3.34. The van der Waals surface area contributed by atoms with Crippen molar-refractivity contribution in [3.63, 3.8) is 0 Å². The second kappa shape index (κ2) is 4.48. The third-order valence-electron chi connectivity index (χ3n) is 4.75. The fraction of sp³-hybridized carbons (Fsp3) is 0.923. The maximum atomic E-state index is 12.1. The highest BCUT2D eigenvalue weighted by molar-refractivity contribution is 5.74. The number of fused-ring (bicyclic) bond motifs is 2. The Morgan fingerprint density at radius 3 is 2.35 bits per heavy atom. The molecule has 2 atom stereocenters. The SMILES string of the molecule is CN(C(=O)NC1CCC1)C1CC2CCC(C1)N2. The Bertz CT molecular complexity index is 291. The van der Waals surface area contributed by atoms with Gasteiger partial charge in [-0.3, -0.25) is 0 Å². The van der Waals surface area contributed by atoms with E-state index in [0.717, 1.165) is 25.7 Å². The summed E-state index contributed by atoms with van der Waals surface area (Å²) in [5, 5.41) is 6.75. The first-order valence-corrected chi connectivity index (χ1v) is 7.02. The standard InChI is InChI=1S/C13H23N3O/c1-16(13(17)15-9-3-2-4-9)12-7-10-5-6-11(8-12)14-10/h9-12,14H,2-8H2,1H3,(H,15,17). The lowest BCUT2D eigenvalue weighted by Crippen LogP contribution is -2.53. The van der Waals surface area contributed by atoms with Crippen LogP contribution in [-0.4, -0.2) is 42.1 Å². The van der Waals surface area contributed by atoms with Gasteiger partial charge in [0, 0.05) is 31.2 Å². The topological polar surface area (TPSA) is 44.4 Å². The zero-order chi connectivity index (χ0) is 11.8. The van der Waals surface area contributed by atoms with Gasteiger partial charge in [-0.25, -0.2) is 4.79 Å². The van der Waals surface area contributed by atoms with Gasteiger partial charge in [0.15, 0.2) is 0 Å². The molecule has 1 aliphatic carbocycles. The minimum atomic E-state index is 0.140. The molecule has 2 heterocycles. The van der Waals surface area contributed by atoms with Crippen molar-refractivity contribution >= 4 is 6.03 Å². The van der Waals surface area contributed by atoms with Gasteiger partial charge in [0.1, 0.15) is 0 Å². The Kier molecular flexibility index (Phi) is 2.99. The molecule has 2 bridgehead atoms. The number of carbonyl (C=O) groups excluding carboxylic acids is 1. The van der Waals surface area contributed by atoms with Crippen LogP contribution in [-0.2, 0) is 0 Å². The quantitative estimate of drug-likeness (QED) is 0.764. The largest absolute Gasteiger partial charge is 0.335 e. The van der Waals surface area contributed by atoms with Crippen LogP contribution in [0.15, 0.2) is 0 Å². The van der Waals surface area contributed by atoms with E-state index in [9.17, 15) is 4.79 Å². The molecule has 2 aliphatic heterocycles. The van der Waals surface area contributed by atoms with Gasteiger partial charge in [-0.05, 0) is 44.9 Å². The van der Waals surface area contributed by atoms with Crippen molar-refractivity contribution in [1.29, 1.82) is 0 Å². The molecule has 0 aromatic heterocycles. The number of amides is 2. The van der Waals surface area contributed by atoms with Crippen molar-refractivity contribution in [2.75, 3.05) is 7.05 Å². The van der Waals surface area contributed by atoms with Crippen LogP contribution in [0, 0.1) is 0 Å². The Morgan fingerprint density at radius 1 is 1.18 bits per heavy atom. The van der Waals surface area contributed by atoms with Crippen LogP contribution in [0.1, 0.15) is 44.9 Å². The number of hydrogen-bond acceptors (Lipinski definition) is 2. The lowest BCUT2D eigenvalue weighted by Gasteiger charge is -2.37. The lowest BCUT2D eigenvalue weighted by molar-refractivity contribution is 0.157. The van der Waals surface area contributed by atoms with Crippen LogP contribution in [0.2, 0.25) is 0 Å². The molecular weight excluding hydrogens is 214 g/mol. The average molecular weight is 237 g/mol. The van der Waals surface area contributed by atoms with Crippen LogP contribution in [0.4, 0.5) is 4.79 Å². The summed E-state index contributed by atoms with van der Waals surface area (Å²) in [5.74, 6) is 0. The van der Waals surface area contributed by atoms with E-state index in [1.54, 1.807) is 0 Å². The molecule has 4 nitrogen and oxygen atoms in total. The molecule has 4 heteroatoms. The van der Waals surface area contributed by atoms with Crippen molar-refractivity contribution in [2.24, 2.45) is 0 Å². The molecule has 96 valence electrons. The summed E-state index contributed by atoms with van der Waals surface area (Å²) in [7, 11) is 1.96. The molecule has 0 aromatic rings. The number of carbonyl (C=O) groups is 1. The molecule has 2 saturated heterocycles. The van der Waals surface area contributed by atoms with Crippen LogP contribution in [0.25, 0.3) is 0 Å². The Hall–Kier alpha value is -0.770. The Morgan fingerprint density at radius 2 is 1.82 bits per heavy atom. The molecule has 3 fully saturated rings. The van der Waals surface area contributed by atoms with E-state index < -0.39 is 0 Å². The molecule has 0 radical (unpaired) electrons. The summed E-state index contributed by atoms with van der Waals surface area (Å²) in [6.45, 7) is 0. The number of piperidine rings is 1. The predicted molar refractivity (Wildman–Crippen MR) is 66.9 cm³/mol. The number of hydrogen-bond donors (Lipinski definition) is 2. The van der Waals surface area contributed by atoms with E-state index in [4.69, 9.17) is 0 Å². The van der Waals surface area contributed by atoms with Crippen LogP contribution in [0.5, 0.6) is 0 Å². The normalized spacial score (nSPS) is 36.4. The van der Waals surface area contributed by atoms with Gasteiger partial charge in [-0.2, -0.15) is 0 Å². The van der Waals surface area contributed by atoms with E-state index in [-0.39, 0.29) is 6.03 Å². The first-order valence-electron chi connectivity index (χ1n) is 7.02. The fourth-order valence-corrected chi connectivity index (χ4v) is 3.34. The number of nitrogens with zero attached hydrogens (tertiary/aromatic N) is 1. The summed E-state index contributed by atoms with van der Waals surface area (Å²) in [4.78, 5) is 14.0. The van der Waals surface area contributed by atoms with Gasteiger partial charge in [0.2, 0.25) is 0 Å². The smallest absolute Gasteiger partial charge is 0.317 e. The molecule has 2 amide bonds. The second-order valence-corrected chi connectivity index (χ2v) is 5.95. The highest BCUT2D eigenvalue weighted by Gasteiger charge is 2.36. The first-order chi connectivity index (χ1) is 8.22. The minimum absolute atomic E-state index is 0.140. The lowest BCUT2D eigenvalue weighted by atomic mass is 9.93. The van der Waals surface area contributed by atoms with Crippen molar-refractivity contribution < 1.29 is 4.79 Å². The molecule has 17 heavy (non-hydrogen) atoms. The molecule has 3 aliphatic rings. The Balaban J connectivity index is 1.54. The summed E-state index contributed by atoms with van der Waals surface area (Å²) in [6.07, 6.45) is 8.44. The van der Waals surface area contributed by atoms with Crippen molar-refractivity contribution in [2.45, 2.75) is 69.1 Å². The van der Waals surface area contributed by atoms with E-state index in [1.165, 1.54) is 19.3 Å². The molecular formula is C13H23N3O. The highest BCUT2D eigenvalue weighted by Crippen LogP contribution is 2.29. The van der Waals surface area contributed by atoms with E-state index in [0.29, 0.717) is 24.2 Å². The summed E-state index contributed by atoms with van der Waals surface area (Å²) >= 11 is 0. The summed E-state index contributed by atoms with van der Waals surface area (Å²) in [6, 6.07) is 2.33. The molecule has 3 rings (SSSR count). The number of rotatable bonds is 2.